The monoisotopic (exact) mass is 258 g/mol. The molecule has 1 fully saturated rings. The van der Waals surface area contributed by atoms with Gasteiger partial charge in [0.25, 0.3) is 0 Å². The summed E-state index contributed by atoms with van der Waals surface area (Å²) < 4.78 is 0. The van der Waals surface area contributed by atoms with E-state index in [4.69, 9.17) is 5.73 Å². The highest BCUT2D eigenvalue weighted by atomic mass is 15.3. The van der Waals surface area contributed by atoms with Crippen LogP contribution >= 0.6 is 0 Å². The first-order valence-electron chi connectivity index (χ1n) is 7.68. The van der Waals surface area contributed by atoms with E-state index in [-0.39, 0.29) is 5.54 Å². The molecule has 0 bridgehead atoms. The van der Waals surface area contributed by atoms with Crippen molar-refractivity contribution in [2.75, 3.05) is 13.1 Å². The highest BCUT2D eigenvalue weighted by Gasteiger charge is 2.46. The molecule has 0 unspecified atom stereocenters. The molecule has 2 aliphatic rings. The number of hydrogen-bond acceptors (Lipinski definition) is 2. The number of nitrogens with two attached hydrogens (primary N) is 1. The first-order chi connectivity index (χ1) is 9.14. The van der Waals surface area contributed by atoms with E-state index >= 15 is 0 Å². The smallest absolute Gasteiger partial charge is 0.0415 e. The molecule has 1 aromatic carbocycles. The Morgan fingerprint density at radius 2 is 1.79 bits per heavy atom. The van der Waals surface area contributed by atoms with Crippen LogP contribution in [0.3, 0.4) is 0 Å². The number of nitrogens with zero attached hydrogens (tertiary/aromatic N) is 1. The van der Waals surface area contributed by atoms with Gasteiger partial charge >= 0.3 is 0 Å². The maximum absolute atomic E-state index is 6.25. The van der Waals surface area contributed by atoms with Crippen LogP contribution in [0, 0.1) is 5.92 Å². The molecule has 0 spiro atoms. The molecule has 0 amide bonds. The Morgan fingerprint density at radius 3 is 2.21 bits per heavy atom. The molecule has 104 valence electrons. The molecular weight excluding hydrogens is 232 g/mol. The minimum Gasteiger partial charge on any atom is -0.329 e. The molecule has 0 saturated heterocycles. The van der Waals surface area contributed by atoms with Crippen molar-refractivity contribution < 1.29 is 0 Å². The van der Waals surface area contributed by atoms with E-state index in [0.717, 1.165) is 25.4 Å². The summed E-state index contributed by atoms with van der Waals surface area (Å²) in [6, 6.07) is 9.69. The minimum absolute atomic E-state index is 0.190. The minimum atomic E-state index is 0.190. The van der Waals surface area contributed by atoms with E-state index in [1.807, 2.05) is 0 Å². The van der Waals surface area contributed by atoms with Crippen molar-refractivity contribution in [2.24, 2.45) is 11.7 Å². The summed E-state index contributed by atoms with van der Waals surface area (Å²) in [6.07, 6.45) is 5.02. The highest BCUT2D eigenvalue weighted by molar-refractivity contribution is 5.37. The lowest BCUT2D eigenvalue weighted by Gasteiger charge is -2.42. The van der Waals surface area contributed by atoms with E-state index in [9.17, 15) is 0 Å². The Balaban J connectivity index is 1.87. The summed E-state index contributed by atoms with van der Waals surface area (Å²) in [5.41, 5.74) is 9.47. The fourth-order valence-electron chi connectivity index (χ4n) is 3.65. The van der Waals surface area contributed by atoms with Crippen molar-refractivity contribution in [1.82, 2.24) is 4.90 Å². The lowest BCUT2D eigenvalue weighted by molar-refractivity contribution is 0.0793. The zero-order valence-corrected chi connectivity index (χ0v) is 12.2. The predicted molar refractivity (Wildman–Crippen MR) is 80.2 cm³/mol. The van der Waals surface area contributed by atoms with Crippen LogP contribution < -0.4 is 5.73 Å². The fraction of sp³-hybridized carbons (Fsp3) is 0.647. The molecule has 2 heteroatoms. The second-order valence-corrected chi connectivity index (χ2v) is 6.83. The van der Waals surface area contributed by atoms with Gasteiger partial charge in [-0.3, -0.25) is 4.90 Å². The van der Waals surface area contributed by atoms with Crippen molar-refractivity contribution in [2.45, 2.75) is 51.1 Å². The Kier molecular flexibility index (Phi) is 3.40. The molecule has 1 saturated carbocycles. The molecule has 0 aliphatic heterocycles. The van der Waals surface area contributed by atoms with Gasteiger partial charge in [0.1, 0.15) is 0 Å². The van der Waals surface area contributed by atoms with Gasteiger partial charge in [0.2, 0.25) is 0 Å². The van der Waals surface area contributed by atoms with Crippen LogP contribution in [0.25, 0.3) is 0 Å². The Labute approximate surface area is 117 Å². The van der Waals surface area contributed by atoms with Gasteiger partial charge in [-0.2, -0.15) is 0 Å². The molecule has 2 N–H and O–H groups in total. The molecule has 19 heavy (non-hydrogen) atoms. The molecule has 1 aromatic rings. The summed E-state index contributed by atoms with van der Waals surface area (Å²) in [5, 5.41) is 0. The predicted octanol–water partition coefficient (Wildman–Crippen LogP) is 2.60. The van der Waals surface area contributed by atoms with Crippen molar-refractivity contribution in [3.05, 3.63) is 35.4 Å². The zero-order valence-electron chi connectivity index (χ0n) is 12.2. The van der Waals surface area contributed by atoms with Gasteiger partial charge < -0.3 is 5.73 Å². The van der Waals surface area contributed by atoms with E-state index < -0.39 is 0 Å². The molecule has 3 rings (SSSR count). The second kappa shape index (κ2) is 4.92. The molecule has 2 aliphatic carbocycles. The third-order valence-electron chi connectivity index (χ3n) is 4.70. The molecular formula is C17H26N2. The van der Waals surface area contributed by atoms with Crippen LogP contribution in [0.4, 0.5) is 0 Å². The summed E-state index contributed by atoms with van der Waals surface area (Å²) in [6.45, 7) is 6.62. The van der Waals surface area contributed by atoms with Crippen LogP contribution in [0.5, 0.6) is 0 Å². The maximum atomic E-state index is 6.25. The summed E-state index contributed by atoms with van der Waals surface area (Å²) in [4.78, 5) is 2.75. The molecule has 0 atom stereocenters. The third kappa shape index (κ3) is 2.44. The van der Waals surface area contributed by atoms with Crippen LogP contribution in [-0.2, 0) is 12.8 Å². The molecule has 0 heterocycles. The lowest BCUT2D eigenvalue weighted by Crippen LogP contribution is -2.56. The second-order valence-electron chi connectivity index (χ2n) is 6.83. The molecule has 2 nitrogen and oxygen atoms in total. The highest BCUT2D eigenvalue weighted by Crippen LogP contribution is 2.40. The SMILES string of the molecule is CC(C)CN(C1CC1)C1(CN)Cc2ccccc2C1. The third-order valence-corrected chi connectivity index (χ3v) is 4.70. The standard InChI is InChI=1S/C17H26N2/c1-13(2)11-19(16-7-8-16)17(12-18)9-14-5-3-4-6-15(14)10-17/h3-6,13,16H,7-12,18H2,1-2H3. The van der Waals surface area contributed by atoms with Gasteiger partial charge in [0.15, 0.2) is 0 Å². The number of rotatable bonds is 5. The van der Waals surface area contributed by atoms with Crippen molar-refractivity contribution in [3.8, 4) is 0 Å². The van der Waals surface area contributed by atoms with E-state index in [1.165, 1.54) is 30.5 Å². The van der Waals surface area contributed by atoms with Gasteiger partial charge in [0, 0.05) is 24.7 Å². The quantitative estimate of drug-likeness (QED) is 0.879. The Morgan fingerprint density at radius 1 is 1.21 bits per heavy atom. The van der Waals surface area contributed by atoms with E-state index in [0.29, 0.717) is 5.92 Å². The topological polar surface area (TPSA) is 29.3 Å². The number of fused-ring (bicyclic) bond motifs is 1. The van der Waals surface area contributed by atoms with E-state index in [2.05, 4.69) is 43.0 Å². The molecule has 0 radical (unpaired) electrons. The first-order valence-corrected chi connectivity index (χ1v) is 7.68. The maximum Gasteiger partial charge on any atom is 0.0415 e. The average Bonchev–Trinajstić information content (AvgIpc) is 3.15. The number of hydrogen-bond donors (Lipinski definition) is 1. The van der Waals surface area contributed by atoms with Gasteiger partial charge in [-0.05, 0) is 42.7 Å². The Hall–Kier alpha value is -0.860. The molecule has 0 aromatic heterocycles. The zero-order chi connectivity index (χ0) is 13.5. The first kappa shape index (κ1) is 13.1. The van der Waals surface area contributed by atoms with Gasteiger partial charge in [-0.25, -0.2) is 0 Å². The van der Waals surface area contributed by atoms with Crippen LogP contribution in [0.15, 0.2) is 24.3 Å². The number of benzene rings is 1. The van der Waals surface area contributed by atoms with Crippen molar-refractivity contribution in [3.63, 3.8) is 0 Å². The Bertz CT molecular complexity index is 423. The van der Waals surface area contributed by atoms with E-state index in [1.54, 1.807) is 0 Å². The fourth-order valence-corrected chi connectivity index (χ4v) is 3.65. The van der Waals surface area contributed by atoms with Crippen LogP contribution in [0.2, 0.25) is 0 Å². The summed E-state index contributed by atoms with van der Waals surface area (Å²) in [5.74, 6) is 0.715. The van der Waals surface area contributed by atoms with Gasteiger partial charge in [-0.15, -0.1) is 0 Å². The van der Waals surface area contributed by atoms with Crippen molar-refractivity contribution in [1.29, 1.82) is 0 Å². The summed E-state index contributed by atoms with van der Waals surface area (Å²) in [7, 11) is 0. The summed E-state index contributed by atoms with van der Waals surface area (Å²) >= 11 is 0. The normalized spacial score (nSPS) is 21.1. The van der Waals surface area contributed by atoms with Crippen LogP contribution in [-0.4, -0.2) is 29.6 Å². The van der Waals surface area contributed by atoms with Gasteiger partial charge in [-0.1, -0.05) is 38.1 Å². The largest absolute Gasteiger partial charge is 0.329 e. The van der Waals surface area contributed by atoms with Crippen molar-refractivity contribution >= 4 is 0 Å². The van der Waals surface area contributed by atoms with Crippen LogP contribution in [0.1, 0.15) is 37.8 Å². The lowest BCUT2D eigenvalue weighted by atomic mass is 9.91. The average molecular weight is 258 g/mol. The van der Waals surface area contributed by atoms with Gasteiger partial charge in [0.05, 0.1) is 0 Å².